The van der Waals surface area contributed by atoms with E-state index in [2.05, 4.69) is 64.3 Å². The predicted octanol–water partition coefficient (Wildman–Crippen LogP) is 4.70. The summed E-state index contributed by atoms with van der Waals surface area (Å²) in [5.41, 5.74) is 6.59. The molecule has 0 bridgehead atoms. The quantitative estimate of drug-likeness (QED) is 0.721. The van der Waals surface area contributed by atoms with E-state index in [1.54, 1.807) is 0 Å². The zero-order valence-corrected chi connectivity index (χ0v) is 16.4. The topological polar surface area (TPSA) is 41.2 Å². The molecule has 3 aromatic rings. The van der Waals surface area contributed by atoms with Gasteiger partial charge in [-0.3, -0.25) is 4.90 Å². The van der Waals surface area contributed by atoms with Crippen LogP contribution in [0.1, 0.15) is 41.1 Å². The molecule has 2 aliphatic heterocycles. The Morgan fingerprint density at radius 3 is 2.86 bits per heavy atom. The first-order valence-corrected chi connectivity index (χ1v) is 10.3. The normalized spacial score (nSPS) is 17.5. The Morgan fingerprint density at radius 1 is 1.14 bits per heavy atom. The Hall–Kier alpha value is -2.59. The third-order valence-electron chi connectivity index (χ3n) is 6.20. The lowest BCUT2D eigenvalue weighted by Gasteiger charge is -2.32. The molecule has 5 rings (SSSR count). The van der Waals surface area contributed by atoms with E-state index in [1.165, 1.54) is 35.2 Å². The van der Waals surface area contributed by atoms with Gasteiger partial charge in [-0.05, 0) is 73.7 Å². The van der Waals surface area contributed by atoms with Crippen LogP contribution in [0.15, 0.2) is 48.7 Å². The molecule has 0 unspecified atom stereocenters. The molecule has 1 fully saturated rings. The SMILES string of the molecule is Cc1ccccc1C1CCN(Cc2cnc(-c3ccc4c(c3)CCO4)[nH]2)CC1. The fraction of sp³-hybridized carbons (Fsp3) is 0.375. The zero-order valence-electron chi connectivity index (χ0n) is 16.4. The molecule has 3 heterocycles. The molecule has 0 atom stereocenters. The van der Waals surface area contributed by atoms with E-state index in [-0.39, 0.29) is 0 Å². The first kappa shape index (κ1) is 17.5. The monoisotopic (exact) mass is 373 g/mol. The summed E-state index contributed by atoms with van der Waals surface area (Å²) >= 11 is 0. The second-order valence-electron chi connectivity index (χ2n) is 8.09. The van der Waals surface area contributed by atoms with Gasteiger partial charge >= 0.3 is 0 Å². The van der Waals surface area contributed by atoms with Crippen molar-refractivity contribution in [1.82, 2.24) is 14.9 Å². The molecular formula is C24H27N3O. The summed E-state index contributed by atoms with van der Waals surface area (Å²) in [6, 6.07) is 15.2. The number of nitrogens with one attached hydrogen (secondary N) is 1. The Kier molecular flexibility index (Phi) is 4.65. The van der Waals surface area contributed by atoms with E-state index in [4.69, 9.17) is 4.74 Å². The van der Waals surface area contributed by atoms with E-state index in [1.807, 2.05) is 6.20 Å². The number of nitrogens with zero attached hydrogens (tertiary/aromatic N) is 2. The first-order valence-electron chi connectivity index (χ1n) is 10.3. The average molecular weight is 374 g/mol. The lowest BCUT2D eigenvalue weighted by Crippen LogP contribution is -2.32. The highest BCUT2D eigenvalue weighted by Crippen LogP contribution is 2.31. The third kappa shape index (κ3) is 3.45. The predicted molar refractivity (Wildman–Crippen MR) is 112 cm³/mol. The van der Waals surface area contributed by atoms with Gasteiger partial charge in [-0.2, -0.15) is 0 Å². The number of fused-ring (bicyclic) bond motifs is 1. The number of H-pyrrole nitrogens is 1. The van der Waals surface area contributed by atoms with E-state index < -0.39 is 0 Å². The maximum atomic E-state index is 5.61. The highest BCUT2D eigenvalue weighted by atomic mass is 16.5. The number of aromatic amines is 1. The van der Waals surface area contributed by atoms with Crippen molar-refractivity contribution in [2.45, 2.75) is 38.6 Å². The summed E-state index contributed by atoms with van der Waals surface area (Å²) in [4.78, 5) is 10.7. The molecule has 144 valence electrons. The zero-order chi connectivity index (χ0) is 18.9. The molecular weight excluding hydrogens is 346 g/mol. The number of aryl methyl sites for hydroxylation is 1. The van der Waals surface area contributed by atoms with Crippen LogP contribution in [-0.4, -0.2) is 34.6 Å². The maximum absolute atomic E-state index is 5.61. The minimum atomic E-state index is 0.698. The highest BCUT2D eigenvalue weighted by Gasteiger charge is 2.22. The van der Waals surface area contributed by atoms with E-state index in [0.717, 1.165) is 49.8 Å². The van der Waals surface area contributed by atoms with E-state index >= 15 is 0 Å². The fourth-order valence-electron chi connectivity index (χ4n) is 4.61. The third-order valence-corrected chi connectivity index (χ3v) is 6.20. The number of hydrogen-bond donors (Lipinski definition) is 1. The van der Waals surface area contributed by atoms with Crippen molar-refractivity contribution < 1.29 is 4.74 Å². The number of rotatable bonds is 4. The van der Waals surface area contributed by atoms with Crippen LogP contribution in [0.25, 0.3) is 11.4 Å². The van der Waals surface area contributed by atoms with Gasteiger partial charge in [-0.1, -0.05) is 24.3 Å². The molecule has 4 heteroatoms. The van der Waals surface area contributed by atoms with Crippen LogP contribution in [0, 0.1) is 6.92 Å². The summed E-state index contributed by atoms with van der Waals surface area (Å²) in [7, 11) is 0. The molecule has 2 aliphatic rings. The smallest absolute Gasteiger partial charge is 0.137 e. The number of aromatic nitrogens is 2. The Morgan fingerprint density at radius 2 is 2.00 bits per heavy atom. The molecule has 0 amide bonds. The average Bonchev–Trinajstić information content (AvgIpc) is 3.38. The van der Waals surface area contributed by atoms with Gasteiger partial charge in [0.2, 0.25) is 0 Å². The maximum Gasteiger partial charge on any atom is 0.137 e. The Labute approximate surface area is 166 Å². The van der Waals surface area contributed by atoms with Gasteiger partial charge in [0, 0.05) is 30.4 Å². The number of piperidine rings is 1. The molecule has 2 aromatic carbocycles. The molecule has 1 N–H and O–H groups in total. The number of ether oxygens (including phenoxy) is 1. The molecule has 28 heavy (non-hydrogen) atoms. The highest BCUT2D eigenvalue weighted by molar-refractivity contribution is 5.59. The molecule has 0 spiro atoms. The molecule has 0 saturated carbocycles. The van der Waals surface area contributed by atoms with Crippen molar-refractivity contribution in [2.24, 2.45) is 0 Å². The molecule has 0 radical (unpaired) electrons. The first-order chi connectivity index (χ1) is 13.8. The van der Waals surface area contributed by atoms with Crippen molar-refractivity contribution >= 4 is 0 Å². The number of benzene rings is 2. The minimum absolute atomic E-state index is 0.698. The van der Waals surface area contributed by atoms with Crippen molar-refractivity contribution in [1.29, 1.82) is 0 Å². The van der Waals surface area contributed by atoms with E-state index in [0.29, 0.717) is 5.92 Å². The van der Waals surface area contributed by atoms with E-state index in [9.17, 15) is 0 Å². The summed E-state index contributed by atoms with van der Waals surface area (Å²) in [6.45, 7) is 6.26. The van der Waals surface area contributed by atoms with Crippen LogP contribution in [-0.2, 0) is 13.0 Å². The largest absolute Gasteiger partial charge is 0.493 e. The lowest BCUT2D eigenvalue weighted by atomic mass is 9.87. The second-order valence-corrected chi connectivity index (χ2v) is 8.09. The second kappa shape index (κ2) is 7.44. The Bertz CT molecular complexity index is 969. The van der Waals surface area contributed by atoms with Gasteiger partial charge in [-0.15, -0.1) is 0 Å². The number of hydrogen-bond acceptors (Lipinski definition) is 3. The van der Waals surface area contributed by atoms with Crippen LogP contribution >= 0.6 is 0 Å². The lowest BCUT2D eigenvalue weighted by molar-refractivity contribution is 0.202. The van der Waals surface area contributed by atoms with Crippen LogP contribution < -0.4 is 4.74 Å². The Balaban J connectivity index is 1.22. The number of imidazole rings is 1. The van der Waals surface area contributed by atoms with Crippen molar-refractivity contribution in [2.75, 3.05) is 19.7 Å². The minimum Gasteiger partial charge on any atom is -0.493 e. The van der Waals surface area contributed by atoms with Crippen LogP contribution in [0.4, 0.5) is 0 Å². The van der Waals surface area contributed by atoms with Crippen molar-refractivity contribution in [3.8, 4) is 17.1 Å². The van der Waals surface area contributed by atoms with Gasteiger partial charge in [0.15, 0.2) is 0 Å². The van der Waals surface area contributed by atoms with Crippen LogP contribution in [0.2, 0.25) is 0 Å². The van der Waals surface area contributed by atoms with Gasteiger partial charge in [-0.25, -0.2) is 4.98 Å². The molecule has 0 aliphatic carbocycles. The molecule has 1 aromatic heterocycles. The summed E-state index contributed by atoms with van der Waals surface area (Å²) in [5.74, 6) is 2.68. The summed E-state index contributed by atoms with van der Waals surface area (Å²) in [5, 5.41) is 0. The van der Waals surface area contributed by atoms with Gasteiger partial charge in [0.05, 0.1) is 6.61 Å². The molecule has 4 nitrogen and oxygen atoms in total. The van der Waals surface area contributed by atoms with Crippen LogP contribution in [0.3, 0.4) is 0 Å². The number of likely N-dealkylation sites (tertiary alicyclic amines) is 1. The van der Waals surface area contributed by atoms with Gasteiger partial charge in [0.25, 0.3) is 0 Å². The molecule has 1 saturated heterocycles. The van der Waals surface area contributed by atoms with Crippen molar-refractivity contribution in [3.05, 3.63) is 71.0 Å². The van der Waals surface area contributed by atoms with Gasteiger partial charge in [0.1, 0.15) is 11.6 Å². The standard InChI is InChI=1S/C24H27N3O/c1-17-4-2-3-5-22(17)18-8-11-27(12-9-18)16-21-15-25-24(26-21)20-6-7-23-19(14-20)10-13-28-23/h2-7,14-15,18H,8-13,16H2,1H3,(H,25,26). The fourth-order valence-corrected chi connectivity index (χ4v) is 4.61. The van der Waals surface area contributed by atoms with Gasteiger partial charge < -0.3 is 9.72 Å². The van der Waals surface area contributed by atoms with Crippen LogP contribution in [0.5, 0.6) is 5.75 Å². The van der Waals surface area contributed by atoms with Crippen molar-refractivity contribution in [3.63, 3.8) is 0 Å². The summed E-state index contributed by atoms with van der Waals surface area (Å²) in [6.07, 6.45) is 5.45. The summed E-state index contributed by atoms with van der Waals surface area (Å²) < 4.78 is 5.61.